The minimum absolute atomic E-state index is 0.232. The molecule has 0 aliphatic carbocycles. The Morgan fingerprint density at radius 1 is 1.69 bits per heavy atom. The van der Waals surface area contributed by atoms with Gasteiger partial charge in [-0.05, 0) is 0 Å². The molecule has 0 aromatic carbocycles. The molecule has 0 amide bonds. The van der Waals surface area contributed by atoms with Gasteiger partial charge in [0.05, 0.1) is 0 Å². The Morgan fingerprint density at radius 3 is 2.46 bits per heavy atom. The van der Waals surface area contributed by atoms with Crippen molar-refractivity contribution in [3.05, 3.63) is 33.7 Å². The van der Waals surface area contributed by atoms with E-state index < -0.39 is 16.6 Å². The summed E-state index contributed by atoms with van der Waals surface area (Å²) in [6.07, 6.45) is 2.59. The first-order valence-electron chi connectivity index (χ1n) is 2.93. The quantitative estimate of drug-likeness (QED) is 0.161. The third-order valence-corrected chi connectivity index (χ3v) is 1.46. The van der Waals surface area contributed by atoms with Crippen molar-refractivity contribution >= 4 is 10.7 Å². The Bertz CT molecular complexity index is 308. The number of nitro groups is 1. The molecule has 0 rings (SSSR count). The third-order valence-electron chi connectivity index (χ3n) is 1.02. The van der Waals surface area contributed by atoms with E-state index in [2.05, 4.69) is 0 Å². The van der Waals surface area contributed by atoms with Crippen molar-refractivity contribution in [3.8, 4) is 0 Å². The van der Waals surface area contributed by atoms with Gasteiger partial charge in [-0.3, -0.25) is 0 Å². The standard InChI is InChI=1S/C6H5N2O4.V/c1-4(6(9)10)2-5(3-7)8(11)12;/h1-2H,7H2,(H,9,10);/q-1;/b4-2+;. The molecular formula is C6H5N2O4V-. The Balaban J connectivity index is 4.98. The summed E-state index contributed by atoms with van der Waals surface area (Å²) < 4.78 is 1.16. The summed E-state index contributed by atoms with van der Waals surface area (Å²) in [7, 11) is 0. The summed E-state index contributed by atoms with van der Waals surface area (Å²) in [4.78, 5) is 19.7. The van der Waals surface area contributed by atoms with Crippen molar-refractivity contribution in [1.82, 2.24) is 0 Å². The van der Waals surface area contributed by atoms with Gasteiger partial charge in [0.1, 0.15) is 0 Å². The SMILES string of the molecule is N[C-]=C(/C=C(\[CH]=[V])C(=O)O)[N+](=O)[O-]. The monoisotopic (exact) mass is 220 g/mol. The zero-order valence-corrected chi connectivity index (χ0v) is 7.70. The van der Waals surface area contributed by atoms with Crippen LogP contribution in [0.15, 0.2) is 17.3 Å². The second kappa shape index (κ2) is 5.29. The molecule has 0 heterocycles. The molecule has 0 saturated heterocycles. The van der Waals surface area contributed by atoms with Gasteiger partial charge in [0.25, 0.3) is 0 Å². The molecule has 0 radical (unpaired) electrons. The number of aliphatic carboxylic acids is 1. The first-order valence-corrected chi connectivity index (χ1v) is 3.74. The normalized spacial score (nSPS) is 12.2. The van der Waals surface area contributed by atoms with E-state index in [0.717, 1.165) is 10.8 Å². The van der Waals surface area contributed by atoms with Crippen LogP contribution in [-0.2, 0) is 21.8 Å². The van der Waals surface area contributed by atoms with Gasteiger partial charge >= 0.3 is 81.9 Å². The van der Waals surface area contributed by atoms with Gasteiger partial charge in [-0.1, -0.05) is 0 Å². The zero-order chi connectivity index (χ0) is 10.4. The van der Waals surface area contributed by atoms with E-state index in [-0.39, 0.29) is 5.57 Å². The van der Waals surface area contributed by atoms with Crippen LogP contribution in [-0.4, -0.2) is 20.7 Å². The van der Waals surface area contributed by atoms with Crippen LogP contribution in [0.25, 0.3) is 0 Å². The molecule has 0 unspecified atom stereocenters. The van der Waals surface area contributed by atoms with Gasteiger partial charge < -0.3 is 0 Å². The fourth-order valence-corrected chi connectivity index (χ4v) is 0.737. The number of hydrogen-bond acceptors (Lipinski definition) is 4. The van der Waals surface area contributed by atoms with Crippen LogP contribution in [0.4, 0.5) is 0 Å². The topological polar surface area (TPSA) is 106 Å². The van der Waals surface area contributed by atoms with Crippen molar-refractivity contribution < 1.29 is 31.8 Å². The number of carbonyl (C=O) groups is 1. The van der Waals surface area contributed by atoms with Gasteiger partial charge in [0.2, 0.25) is 0 Å². The summed E-state index contributed by atoms with van der Waals surface area (Å²) in [6, 6.07) is 0. The average molecular weight is 220 g/mol. The summed E-state index contributed by atoms with van der Waals surface area (Å²) >= 11 is 1.88. The fourth-order valence-electron chi connectivity index (χ4n) is 0.449. The van der Waals surface area contributed by atoms with E-state index in [1.807, 2.05) is 17.0 Å². The molecule has 7 heteroatoms. The fraction of sp³-hybridized carbons (Fsp3) is 0. The van der Waals surface area contributed by atoms with Crippen molar-refractivity contribution in [2.24, 2.45) is 5.73 Å². The van der Waals surface area contributed by atoms with E-state index in [1.54, 1.807) is 6.20 Å². The number of rotatable bonds is 4. The second-order valence-corrected chi connectivity index (χ2v) is 2.22. The molecule has 0 spiro atoms. The van der Waals surface area contributed by atoms with Crippen molar-refractivity contribution in [1.29, 1.82) is 0 Å². The molecule has 13 heavy (non-hydrogen) atoms. The predicted molar refractivity (Wildman–Crippen MR) is 39.7 cm³/mol. The summed E-state index contributed by atoms with van der Waals surface area (Å²) in [6.45, 7) is 0. The van der Waals surface area contributed by atoms with Crippen LogP contribution in [0, 0.1) is 16.3 Å². The summed E-state index contributed by atoms with van der Waals surface area (Å²) in [5.41, 5.74) is 3.98. The second-order valence-electron chi connectivity index (χ2n) is 1.82. The van der Waals surface area contributed by atoms with Gasteiger partial charge in [-0.15, -0.1) is 0 Å². The number of nitrogens with two attached hydrogens (primary N) is 1. The van der Waals surface area contributed by atoms with Crippen LogP contribution in [0.1, 0.15) is 0 Å². The van der Waals surface area contributed by atoms with Crippen molar-refractivity contribution in [2.75, 3.05) is 0 Å². The summed E-state index contributed by atoms with van der Waals surface area (Å²) in [5.74, 6) is -1.27. The zero-order valence-electron chi connectivity index (χ0n) is 6.30. The maximum atomic E-state index is 10.4. The third kappa shape index (κ3) is 3.68. The van der Waals surface area contributed by atoms with Crippen LogP contribution in [0.2, 0.25) is 0 Å². The van der Waals surface area contributed by atoms with E-state index in [0.29, 0.717) is 0 Å². The van der Waals surface area contributed by atoms with E-state index in [9.17, 15) is 14.9 Å². The molecule has 69 valence electrons. The molecule has 0 aromatic rings. The maximum absolute atomic E-state index is 10.4. The Kier molecular flexibility index (Phi) is 4.72. The van der Waals surface area contributed by atoms with Crippen molar-refractivity contribution in [3.63, 3.8) is 0 Å². The number of nitrogens with zero attached hydrogens (tertiary/aromatic N) is 1. The first-order chi connectivity index (χ1) is 6.02. The van der Waals surface area contributed by atoms with E-state index >= 15 is 0 Å². The Hall–Kier alpha value is -1.40. The number of carboxylic acids is 1. The van der Waals surface area contributed by atoms with Gasteiger partial charge in [0.15, 0.2) is 0 Å². The molecule has 0 atom stereocenters. The minimum atomic E-state index is -1.27. The molecule has 0 aliphatic heterocycles. The Morgan fingerprint density at radius 2 is 2.23 bits per heavy atom. The average Bonchev–Trinajstić information content (AvgIpc) is 2.05. The molecule has 0 fully saturated rings. The number of carboxylic acid groups (broad SMARTS) is 1. The number of hydrogen-bond donors (Lipinski definition) is 2. The molecule has 0 bridgehead atoms. The predicted octanol–water partition coefficient (Wildman–Crippen LogP) is -0.774. The van der Waals surface area contributed by atoms with Crippen LogP contribution < -0.4 is 5.73 Å². The van der Waals surface area contributed by atoms with Crippen LogP contribution in [0.3, 0.4) is 0 Å². The van der Waals surface area contributed by atoms with Gasteiger partial charge in [-0.25, -0.2) is 0 Å². The van der Waals surface area contributed by atoms with Crippen LogP contribution in [0.5, 0.6) is 0 Å². The van der Waals surface area contributed by atoms with Gasteiger partial charge in [-0.2, -0.15) is 0 Å². The van der Waals surface area contributed by atoms with Crippen molar-refractivity contribution in [2.45, 2.75) is 0 Å². The van der Waals surface area contributed by atoms with Crippen LogP contribution >= 0.6 is 0 Å². The molecule has 0 aromatic heterocycles. The van der Waals surface area contributed by atoms with E-state index in [1.165, 1.54) is 0 Å². The number of allylic oxidation sites excluding steroid dienone is 1. The molecule has 6 nitrogen and oxygen atoms in total. The molecule has 3 N–H and O–H groups in total. The first kappa shape index (κ1) is 11.6. The molecule has 0 aliphatic rings. The van der Waals surface area contributed by atoms with Gasteiger partial charge in [0, 0.05) is 0 Å². The molecular weight excluding hydrogens is 215 g/mol. The Labute approximate surface area is 82.4 Å². The summed E-state index contributed by atoms with van der Waals surface area (Å²) in [5, 5.41) is 18.7. The molecule has 0 saturated carbocycles. The van der Waals surface area contributed by atoms with E-state index in [4.69, 9.17) is 10.8 Å².